The van der Waals surface area contributed by atoms with Crippen LogP contribution < -0.4 is 5.32 Å². The minimum absolute atomic E-state index is 0.0944. The monoisotopic (exact) mass is 303 g/mol. The molecule has 3 aromatic rings. The highest BCUT2D eigenvalue weighted by molar-refractivity contribution is 7.09. The van der Waals surface area contributed by atoms with Gasteiger partial charge in [-0.2, -0.15) is 0 Å². The first-order valence-electron chi connectivity index (χ1n) is 6.31. The van der Waals surface area contributed by atoms with Crippen LogP contribution in [-0.2, 0) is 13.2 Å². The molecule has 1 amide bonds. The molecule has 3 rings (SSSR count). The fourth-order valence-electron chi connectivity index (χ4n) is 1.97. The minimum Gasteiger partial charge on any atom is -0.390 e. The summed E-state index contributed by atoms with van der Waals surface area (Å²) in [7, 11) is 0. The van der Waals surface area contributed by atoms with Crippen molar-refractivity contribution in [3.05, 3.63) is 39.7 Å². The Morgan fingerprint density at radius 3 is 3.10 bits per heavy atom. The van der Waals surface area contributed by atoms with Crippen LogP contribution in [0.15, 0.2) is 17.6 Å². The minimum atomic E-state index is -0.216. The first-order valence-corrected chi connectivity index (χ1v) is 7.19. The van der Waals surface area contributed by atoms with E-state index in [9.17, 15) is 4.79 Å². The van der Waals surface area contributed by atoms with E-state index < -0.39 is 0 Å². The number of aliphatic hydroxyl groups excluding tert-OH is 1. The maximum Gasteiger partial charge on any atom is 0.253 e. The molecular formula is C13H13N5O2S. The number of aliphatic hydroxyl groups is 1. The predicted molar refractivity (Wildman–Crippen MR) is 77.8 cm³/mol. The number of hydrogen-bond acceptors (Lipinski definition) is 6. The van der Waals surface area contributed by atoms with Gasteiger partial charge < -0.3 is 15.4 Å². The number of carbonyl (C=O) groups excluding carboxylic acids is 1. The second-order valence-corrected chi connectivity index (χ2v) is 5.40. The molecule has 0 aliphatic carbocycles. The van der Waals surface area contributed by atoms with Crippen molar-refractivity contribution in [1.82, 2.24) is 25.3 Å². The second kappa shape index (κ2) is 5.58. The van der Waals surface area contributed by atoms with E-state index in [1.165, 1.54) is 11.3 Å². The van der Waals surface area contributed by atoms with Crippen LogP contribution in [0.3, 0.4) is 0 Å². The van der Waals surface area contributed by atoms with Gasteiger partial charge in [-0.05, 0) is 13.0 Å². The molecule has 7 nitrogen and oxygen atoms in total. The SMILES string of the molecule is Cc1nc2nccc(C(=O)NCc3nc(CO)cs3)c2[nH]1. The van der Waals surface area contributed by atoms with E-state index in [4.69, 9.17) is 5.11 Å². The number of hydrogen-bond donors (Lipinski definition) is 3. The number of carbonyl (C=O) groups is 1. The number of fused-ring (bicyclic) bond motifs is 1. The Kier molecular flexibility index (Phi) is 3.63. The van der Waals surface area contributed by atoms with E-state index in [0.29, 0.717) is 34.8 Å². The van der Waals surface area contributed by atoms with Gasteiger partial charge in [-0.3, -0.25) is 4.79 Å². The number of nitrogens with zero attached hydrogens (tertiary/aromatic N) is 3. The van der Waals surface area contributed by atoms with Crippen molar-refractivity contribution in [2.75, 3.05) is 0 Å². The van der Waals surface area contributed by atoms with Gasteiger partial charge in [-0.25, -0.2) is 15.0 Å². The Morgan fingerprint density at radius 2 is 2.33 bits per heavy atom. The zero-order chi connectivity index (χ0) is 14.8. The van der Waals surface area contributed by atoms with Crippen LogP contribution in [0.2, 0.25) is 0 Å². The van der Waals surface area contributed by atoms with Gasteiger partial charge >= 0.3 is 0 Å². The Labute approximate surface area is 124 Å². The lowest BCUT2D eigenvalue weighted by Gasteiger charge is -2.03. The van der Waals surface area contributed by atoms with Crippen molar-refractivity contribution >= 4 is 28.4 Å². The molecule has 108 valence electrons. The molecule has 0 spiro atoms. The fourth-order valence-corrected chi connectivity index (χ4v) is 2.69. The summed E-state index contributed by atoms with van der Waals surface area (Å²) >= 11 is 1.40. The second-order valence-electron chi connectivity index (χ2n) is 4.45. The molecule has 0 saturated heterocycles. The zero-order valence-corrected chi connectivity index (χ0v) is 12.1. The number of thiazole rings is 1. The van der Waals surface area contributed by atoms with Crippen LogP contribution in [0.4, 0.5) is 0 Å². The summed E-state index contributed by atoms with van der Waals surface area (Å²) in [4.78, 5) is 27.8. The number of amides is 1. The summed E-state index contributed by atoms with van der Waals surface area (Å²) < 4.78 is 0. The Balaban J connectivity index is 1.77. The van der Waals surface area contributed by atoms with E-state index in [1.54, 1.807) is 17.6 Å². The lowest BCUT2D eigenvalue weighted by atomic mass is 10.2. The summed E-state index contributed by atoms with van der Waals surface area (Å²) in [5.74, 6) is 0.497. The summed E-state index contributed by atoms with van der Waals surface area (Å²) in [5, 5.41) is 14.3. The number of nitrogens with one attached hydrogen (secondary N) is 2. The summed E-state index contributed by atoms with van der Waals surface area (Å²) in [6, 6.07) is 1.65. The van der Waals surface area contributed by atoms with E-state index in [2.05, 4.69) is 25.3 Å². The standard InChI is InChI=1S/C13H13N5O2S/c1-7-16-11-9(2-3-14-12(11)17-7)13(20)15-4-10-18-8(5-19)6-21-10/h2-3,6,19H,4-5H2,1H3,(H,15,20)(H,14,16,17). The van der Waals surface area contributed by atoms with Gasteiger partial charge in [-0.1, -0.05) is 0 Å². The summed E-state index contributed by atoms with van der Waals surface area (Å²) in [5.41, 5.74) is 2.26. The summed E-state index contributed by atoms with van der Waals surface area (Å²) in [6.45, 7) is 2.04. The van der Waals surface area contributed by atoms with Gasteiger partial charge in [0.05, 0.1) is 29.9 Å². The van der Waals surface area contributed by atoms with Crippen molar-refractivity contribution in [3.63, 3.8) is 0 Å². The quantitative estimate of drug-likeness (QED) is 0.670. The maximum absolute atomic E-state index is 12.3. The van der Waals surface area contributed by atoms with E-state index >= 15 is 0 Å². The van der Waals surface area contributed by atoms with Gasteiger partial charge in [-0.15, -0.1) is 11.3 Å². The highest BCUT2D eigenvalue weighted by Gasteiger charge is 2.13. The number of rotatable bonds is 4. The van der Waals surface area contributed by atoms with Crippen LogP contribution in [0.25, 0.3) is 11.2 Å². The molecule has 0 unspecified atom stereocenters. The van der Waals surface area contributed by atoms with Crippen molar-refractivity contribution in [3.8, 4) is 0 Å². The molecule has 0 saturated carbocycles. The third kappa shape index (κ3) is 2.76. The topological polar surface area (TPSA) is 104 Å². The molecule has 0 aliphatic rings. The number of H-pyrrole nitrogens is 1. The van der Waals surface area contributed by atoms with E-state index in [-0.39, 0.29) is 12.5 Å². The van der Waals surface area contributed by atoms with Crippen molar-refractivity contribution in [2.45, 2.75) is 20.1 Å². The number of aryl methyl sites for hydroxylation is 1. The van der Waals surface area contributed by atoms with Gasteiger partial charge in [0.15, 0.2) is 5.65 Å². The van der Waals surface area contributed by atoms with Crippen LogP contribution in [-0.4, -0.2) is 30.9 Å². The number of aromatic amines is 1. The van der Waals surface area contributed by atoms with E-state index in [0.717, 1.165) is 5.01 Å². The highest BCUT2D eigenvalue weighted by Crippen LogP contribution is 2.14. The van der Waals surface area contributed by atoms with Gasteiger partial charge in [0, 0.05) is 11.6 Å². The van der Waals surface area contributed by atoms with Crippen LogP contribution >= 0.6 is 11.3 Å². The molecule has 0 fully saturated rings. The van der Waals surface area contributed by atoms with Gasteiger partial charge in [0.2, 0.25) is 0 Å². The number of aromatic nitrogens is 4. The molecule has 3 N–H and O–H groups in total. The Bertz CT molecular complexity index is 795. The molecule has 0 aromatic carbocycles. The Morgan fingerprint density at radius 1 is 1.48 bits per heavy atom. The third-order valence-corrected chi connectivity index (χ3v) is 3.81. The lowest BCUT2D eigenvalue weighted by Crippen LogP contribution is -2.23. The predicted octanol–water partition coefficient (Wildman–Crippen LogP) is 1.15. The van der Waals surface area contributed by atoms with Crippen molar-refractivity contribution in [1.29, 1.82) is 0 Å². The third-order valence-electron chi connectivity index (χ3n) is 2.92. The van der Waals surface area contributed by atoms with Gasteiger partial charge in [0.25, 0.3) is 5.91 Å². The van der Waals surface area contributed by atoms with Crippen LogP contribution in [0, 0.1) is 6.92 Å². The first-order chi connectivity index (χ1) is 10.2. The summed E-state index contributed by atoms with van der Waals surface area (Å²) in [6.07, 6.45) is 1.56. The van der Waals surface area contributed by atoms with Crippen LogP contribution in [0.1, 0.15) is 26.9 Å². The molecule has 0 aliphatic heterocycles. The smallest absolute Gasteiger partial charge is 0.253 e. The van der Waals surface area contributed by atoms with E-state index in [1.807, 2.05) is 6.92 Å². The van der Waals surface area contributed by atoms with Crippen molar-refractivity contribution in [2.24, 2.45) is 0 Å². The lowest BCUT2D eigenvalue weighted by molar-refractivity contribution is 0.0952. The molecule has 8 heteroatoms. The average molecular weight is 303 g/mol. The zero-order valence-electron chi connectivity index (χ0n) is 11.3. The maximum atomic E-state index is 12.3. The first kappa shape index (κ1) is 13.7. The molecule has 3 aromatic heterocycles. The van der Waals surface area contributed by atoms with Gasteiger partial charge in [0.1, 0.15) is 10.8 Å². The molecule has 0 bridgehead atoms. The molecule has 21 heavy (non-hydrogen) atoms. The average Bonchev–Trinajstić information content (AvgIpc) is 3.09. The molecule has 0 atom stereocenters. The highest BCUT2D eigenvalue weighted by atomic mass is 32.1. The van der Waals surface area contributed by atoms with Crippen LogP contribution in [0.5, 0.6) is 0 Å². The molecular weight excluding hydrogens is 290 g/mol. The molecule has 3 heterocycles. The number of imidazole rings is 1. The number of pyridine rings is 1. The van der Waals surface area contributed by atoms with Crippen molar-refractivity contribution < 1.29 is 9.90 Å². The molecule has 0 radical (unpaired) electrons. The largest absolute Gasteiger partial charge is 0.390 e. The fraction of sp³-hybridized carbons (Fsp3) is 0.231. The Hall–Kier alpha value is -2.32. The normalized spacial score (nSPS) is 11.0.